The average molecular weight is 341 g/mol. The molecule has 1 aliphatic rings. The summed E-state index contributed by atoms with van der Waals surface area (Å²) in [6.45, 7) is 0. The molecule has 2 amide bonds. The van der Waals surface area contributed by atoms with Gasteiger partial charge in [0.2, 0.25) is 0 Å². The van der Waals surface area contributed by atoms with Crippen LogP contribution in [-0.4, -0.2) is 23.1 Å². The molecule has 2 atom stereocenters. The highest BCUT2D eigenvalue weighted by atomic mass is 79.9. The number of anilines is 1. The molecule has 5 nitrogen and oxygen atoms in total. The van der Waals surface area contributed by atoms with E-state index in [4.69, 9.17) is 5.11 Å². The normalized spacial score (nSPS) is 22.1. The van der Waals surface area contributed by atoms with Gasteiger partial charge in [0.15, 0.2) is 0 Å². The zero-order chi connectivity index (χ0) is 14.5. The minimum absolute atomic E-state index is 0.0722. The summed E-state index contributed by atoms with van der Waals surface area (Å²) in [5, 5.41) is 14.6. The van der Waals surface area contributed by atoms with Crippen LogP contribution in [0.15, 0.2) is 28.7 Å². The Hall–Kier alpha value is -1.56. The Morgan fingerprint density at radius 3 is 2.80 bits per heavy atom. The van der Waals surface area contributed by atoms with Gasteiger partial charge in [-0.2, -0.15) is 0 Å². The quantitative estimate of drug-likeness (QED) is 0.790. The Morgan fingerprint density at radius 1 is 1.30 bits per heavy atom. The van der Waals surface area contributed by atoms with Gasteiger partial charge in [-0.05, 0) is 37.5 Å². The van der Waals surface area contributed by atoms with Gasteiger partial charge in [-0.25, -0.2) is 4.79 Å². The van der Waals surface area contributed by atoms with Gasteiger partial charge in [-0.1, -0.05) is 28.4 Å². The molecular weight excluding hydrogens is 324 g/mol. The summed E-state index contributed by atoms with van der Waals surface area (Å²) in [7, 11) is 0. The molecule has 108 valence electrons. The van der Waals surface area contributed by atoms with Crippen LogP contribution >= 0.6 is 15.9 Å². The van der Waals surface area contributed by atoms with Gasteiger partial charge in [-0.3, -0.25) is 4.79 Å². The number of halogens is 1. The van der Waals surface area contributed by atoms with E-state index in [0.29, 0.717) is 18.5 Å². The number of hydrogen-bond donors (Lipinski definition) is 3. The number of aliphatic carboxylic acids is 1. The Labute approximate surface area is 125 Å². The monoisotopic (exact) mass is 340 g/mol. The van der Waals surface area contributed by atoms with Gasteiger partial charge >= 0.3 is 12.0 Å². The van der Waals surface area contributed by atoms with Crippen molar-refractivity contribution >= 4 is 33.6 Å². The van der Waals surface area contributed by atoms with E-state index in [1.54, 1.807) is 12.1 Å². The minimum Gasteiger partial charge on any atom is -0.481 e. The largest absolute Gasteiger partial charge is 0.481 e. The third kappa shape index (κ3) is 4.23. The predicted molar refractivity (Wildman–Crippen MR) is 79.7 cm³/mol. The second kappa shape index (κ2) is 6.74. The number of rotatable bonds is 3. The zero-order valence-corrected chi connectivity index (χ0v) is 12.5. The second-order valence-electron chi connectivity index (χ2n) is 5.01. The first-order chi connectivity index (χ1) is 9.54. The molecule has 0 aliphatic heterocycles. The summed E-state index contributed by atoms with van der Waals surface area (Å²) in [5.41, 5.74) is 0.697. The van der Waals surface area contributed by atoms with Crippen LogP contribution < -0.4 is 10.6 Å². The molecule has 1 aliphatic carbocycles. The van der Waals surface area contributed by atoms with Crippen molar-refractivity contribution in [3.63, 3.8) is 0 Å². The highest BCUT2D eigenvalue weighted by Crippen LogP contribution is 2.24. The van der Waals surface area contributed by atoms with Gasteiger partial charge in [0.25, 0.3) is 0 Å². The van der Waals surface area contributed by atoms with Crippen molar-refractivity contribution in [3.05, 3.63) is 28.7 Å². The van der Waals surface area contributed by atoms with Gasteiger partial charge in [-0.15, -0.1) is 0 Å². The summed E-state index contributed by atoms with van der Waals surface area (Å²) < 4.78 is 0.888. The maximum atomic E-state index is 11.9. The standard InChI is InChI=1S/C14H17BrN2O3/c15-10-4-2-6-12(8-10)17-14(20)16-11-5-1-3-9(7-11)13(18)19/h2,4,6,8-9,11H,1,3,5,7H2,(H,18,19)(H2,16,17,20). The number of urea groups is 1. The summed E-state index contributed by atoms with van der Waals surface area (Å²) in [6.07, 6.45) is 2.86. The Morgan fingerprint density at radius 2 is 2.10 bits per heavy atom. The van der Waals surface area contributed by atoms with Crippen molar-refractivity contribution in [1.82, 2.24) is 5.32 Å². The summed E-state index contributed by atoms with van der Waals surface area (Å²) in [6, 6.07) is 6.95. The molecule has 0 saturated heterocycles. The van der Waals surface area contributed by atoms with Crippen molar-refractivity contribution in [2.75, 3.05) is 5.32 Å². The molecule has 1 aromatic carbocycles. The number of carbonyl (C=O) groups is 2. The zero-order valence-electron chi connectivity index (χ0n) is 10.9. The fraction of sp³-hybridized carbons (Fsp3) is 0.429. The van der Waals surface area contributed by atoms with Gasteiger partial charge in [0.1, 0.15) is 0 Å². The van der Waals surface area contributed by atoms with Crippen LogP contribution in [0.2, 0.25) is 0 Å². The average Bonchev–Trinajstić information content (AvgIpc) is 2.38. The van der Waals surface area contributed by atoms with E-state index in [-0.39, 0.29) is 18.0 Å². The van der Waals surface area contributed by atoms with Crippen molar-refractivity contribution in [2.45, 2.75) is 31.7 Å². The van der Waals surface area contributed by atoms with Crippen LogP contribution in [0.4, 0.5) is 10.5 Å². The molecular formula is C14H17BrN2O3. The van der Waals surface area contributed by atoms with E-state index in [0.717, 1.165) is 17.3 Å². The molecule has 3 N–H and O–H groups in total. The Balaban J connectivity index is 1.86. The van der Waals surface area contributed by atoms with Crippen LogP contribution in [-0.2, 0) is 4.79 Å². The molecule has 0 bridgehead atoms. The lowest BCUT2D eigenvalue weighted by Crippen LogP contribution is -2.42. The first kappa shape index (κ1) is 14.8. The number of amides is 2. The van der Waals surface area contributed by atoms with Crippen molar-refractivity contribution < 1.29 is 14.7 Å². The van der Waals surface area contributed by atoms with Crippen molar-refractivity contribution in [2.24, 2.45) is 5.92 Å². The Kier molecular flexibility index (Phi) is 5.00. The molecule has 1 fully saturated rings. The predicted octanol–water partition coefficient (Wildman–Crippen LogP) is 3.21. The van der Waals surface area contributed by atoms with Crippen LogP contribution in [0, 0.1) is 5.92 Å². The first-order valence-corrected chi connectivity index (χ1v) is 7.40. The molecule has 0 heterocycles. The van der Waals surface area contributed by atoms with E-state index in [1.807, 2.05) is 12.1 Å². The fourth-order valence-electron chi connectivity index (χ4n) is 2.46. The molecule has 0 radical (unpaired) electrons. The van der Waals surface area contributed by atoms with E-state index in [9.17, 15) is 9.59 Å². The van der Waals surface area contributed by atoms with E-state index in [2.05, 4.69) is 26.6 Å². The number of nitrogens with one attached hydrogen (secondary N) is 2. The molecule has 2 unspecified atom stereocenters. The highest BCUT2D eigenvalue weighted by molar-refractivity contribution is 9.10. The lowest BCUT2D eigenvalue weighted by Gasteiger charge is -2.27. The molecule has 1 aromatic rings. The van der Waals surface area contributed by atoms with Gasteiger partial charge < -0.3 is 15.7 Å². The van der Waals surface area contributed by atoms with E-state index in [1.165, 1.54) is 0 Å². The third-order valence-electron chi connectivity index (χ3n) is 3.44. The molecule has 20 heavy (non-hydrogen) atoms. The smallest absolute Gasteiger partial charge is 0.319 e. The number of carboxylic acids is 1. The summed E-state index contributed by atoms with van der Waals surface area (Å²) >= 11 is 3.34. The van der Waals surface area contributed by atoms with Crippen molar-refractivity contribution in [3.8, 4) is 0 Å². The number of benzene rings is 1. The summed E-state index contributed by atoms with van der Waals surface area (Å²) in [5.74, 6) is -1.12. The second-order valence-corrected chi connectivity index (χ2v) is 5.92. The van der Waals surface area contributed by atoms with Crippen molar-refractivity contribution in [1.29, 1.82) is 0 Å². The van der Waals surface area contributed by atoms with E-state index < -0.39 is 5.97 Å². The topological polar surface area (TPSA) is 78.4 Å². The van der Waals surface area contributed by atoms with Crippen LogP contribution in [0.5, 0.6) is 0 Å². The van der Waals surface area contributed by atoms with E-state index >= 15 is 0 Å². The van der Waals surface area contributed by atoms with Crippen LogP contribution in [0.3, 0.4) is 0 Å². The molecule has 0 spiro atoms. The summed E-state index contributed by atoms with van der Waals surface area (Å²) in [4.78, 5) is 22.9. The molecule has 6 heteroatoms. The number of carbonyl (C=O) groups excluding carboxylic acids is 1. The molecule has 0 aromatic heterocycles. The van der Waals surface area contributed by atoms with Gasteiger partial charge in [0.05, 0.1) is 5.92 Å². The maximum absolute atomic E-state index is 11.9. The fourth-order valence-corrected chi connectivity index (χ4v) is 2.86. The molecule has 2 rings (SSSR count). The SMILES string of the molecule is O=C(Nc1cccc(Br)c1)NC1CCCC(C(=O)O)C1. The van der Waals surface area contributed by atoms with Gasteiger partial charge in [0, 0.05) is 16.2 Å². The number of hydrogen-bond acceptors (Lipinski definition) is 2. The Bertz CT molecular complexity index is 507. The lowest BCUT2D eigenvalue weighted by atomic mass is 9.86. The van der Waals surface area contributed by atoms with Crippen LogP contribution in [0.1, 0.15) is 25.7 Å². The lowest BCUT2D eigenvalue weighted by molar-refractivity contribution is -0.143. The minimum atomic E-state index is -0.774. The molecule has 1 saturated carbocycles. The third-order valence-corrected chi connectivity index (χ3v) is 3.93. The number of carboxylic acid groups (broad SMARTS) is 1. The van der Waals surface area contributed by atoms with Crippen LogP contribution in [0.25, 0.3) is 0 Å². The first-order valence-electron chi connectivity index (χ1n) is 6.60. The maximum Gasteiger partial charge on any atom is 0.319 e. The highest BCUT2D eigenvalue weighted by Gasteiger charge is 2.27.